The highest BCUT2D eigenvalue weighted by molar-refractivity contribution is 5.98. The molecule has 7 heteroatoms. The lowest BCUT2D eigenvalue weighted by Gasteiger charge is -2.32. The fourth-order valence-corrected chi connectivity index (χ4v) is 4.14. The van der Waals surface area contributed by atoms with Crippen LogP contribution in [0.3, 0.4) is 0 Å². The van der Waals surface area contributed by atoms with Crippen LogP contribution in [0.25, 0.3) is 0 Å². The molecule has 3 aromatic rings. The first kappa shape index (κ1) is 23.3. The van der Waals surface area contributed by atoms with Gasteiger partial charge in [0.2, 0.25) is 6.79 Å². The summed E-state index contributed by atoms with van der Waals surface area (Å²) in [6.45, 7) is 3.18. The van der Waals surface area contributed by atoms with E-state index in [4.69, 9.17) is 9.47 Å². The zero-order valence-corrected chi connectivity index (χ0v) is 19.3. The number of para-hydroxylation sites is 1. The van der Waals surface area contributed by atoms with Crippen LogP contribution >= 0.6 is 0 Å². The smallest absolute Gasteiger partial charge is 0.269 e. The number of fused-ring (bicyclic) bond motifs is 1. The van der Waals surface area contributed by atoms with E-state index in [1.807, 2.05) is 29.2 Å². The van der Waals surface area contributed by atoms with Crippen molar-refractivity contribution in [3.05, 3.63) is 89.7 Å². The fraction of sp³-hybridized carbons (Fsp3) is 0.296. The first-order chi connectivity index (χ1) is 16.7. The molecule has 1 aromatic heterocycles. The predicted molar refractivity (Wildman–Crippen MR) is 129 cm³/mol. The monoisotopic (exact) mass is 459 g/mol. The van der Waals surface area contributed by atoms with Crippen LogP contribution in [0.2, 0.25) is 0 Å². The van der Waals surface area contributed by atoms with E-state index in [1.54, 1.807) is 36.5 Å². The second-order valence-electron chi connectivity index (χ2n) is 8.14. The maximum Gasteiger partial charge on any atom is 0.269 e. The third-order valence-electron chi connectivity index (χ3n) is 5.77. The van der Waals surface area contributed by atoms with Crippen molar-refractivity contribution in [1.82, 2.24) is 15.2 Å². The van der Waals surface area contributed by atoms with E-state index in [2.05, 4.69) is 29.4 Å². The van der Waals surface area contributed by atoms with Crippen LogP contribution in [0.4, 0.5) is 0 Å². The zero-order valence-electron chi connectivity index (χ0n) is 19.3. The first-order valence-electron chi connectivity index (χ1n) is 11.6. The number of nitrogens with zero attached hydrogens (tertiary/aromatic N) is 2. The minimum atomic E-state index is -0.223. The number of hydrogen-bond donors (Lipinski definition) is 1. The molecule has 0 fully saturated rings. The Morgan fingerprint density at radius 1 is 1.03 bits per heavy atom. The van der Waals surface area contributed by atoms with Crippen LogP contribution in [0.15, 0.2) is 72.9 Å². The van der Waals surface area contributed by atoms with E-state index < -0.39 is 0 Å². The highest BCUT2D eigenvalue weighted by atomic mass is 16.7. The molecule has 0 aliphatic carbocycles. The maximum atomic E-state index is 13.7. The zero-order chi connectivity index (χ0) is 23.8. The summed E-state index contributed by atoms with van der Waals surface area (Å²) >= 11 is 0. The Balaban J connectivity index is 1.54. The molecule has 1 aliphatic heterocycles. The van der Waals surface area contributed by atoms with Gasteiger partial charge in [0.05, 0.1) is 5.56 Å². The van der Waals surface area contributed by atoms with Crippen molar-refractivity contribution in [2.24, 2.45) is 0 Å². The molecule has 0 unspecified atom stereocenters. The van der Waals surface area contributed by atoms with Gasteiger partial charge in [-0.15, -0.1) is 0 Å². The molecular weight excluding hydrogens is 430 g/mol. The molecule has 2 aromatic carbocycles. The first-order valence-corrected chi connectivity index (χ1v) is 11.6. The van der Waals surface area contributed by atoms with Gasteiger partial charge in [-0.2, -0.15) is 0 Å². The maximum absolute atomic E-state index is 13.7. The number of nitrogens with one attached hydrogen (secondary N) is 1. The molecule has 1 N–H and O–H groups in total. The molecule has 2 amide bonds. The molecule has 2 heterocycles. The van der Waals surface area contributed by atoms with Gasteiger partial charge in [0.15, 0.2) is 11.5 Å². The Hall–Kier alpha value is -3.87. The average molecular weight is 460 g/mol. The van der Waals surface area contributed by atoms with E-state index >= 15 is 0 Å². The van der Waals surface area contributed by atoms with Crippen molar-refractivity contribution in [3.63, 3.8) is 0 Å². The minimum Gasteiger partial charge on any atom is -0.454 e. The third kappa shape index (κ3) is 5.54. The van der Waals surface area contributed by atoms with Gasteiger partial charge in [-0.05, 0) is 49.1 Å². The predicted octanol–water partition coefficient (Wildman–Crippen LogP) is 4.09. The molecule has 1 aliphatic rings. The number of hydrogen-bond acceptors (Lipinski definition) is 5. The normalized spacial score (nSPS) is 12.7. The Morgan fingerprint density at radius 2 is 1.85 bits per heavy atom. The van der Waals surface area contributed by atoms with Crippen LogP contribution in [0.1, 0.15) is 46.2 Å². The van der Waals surface area contributed by atoms with Crippen LogP contribution in [-0.2, 0) is 6.42 Å². The average Bonchev–Trinajstić information content (AvgIpc) is 3.37. The van der Waals surface area contributed by atoms with Crippen molar-refractivity contribution < 1.29 is 19.1 Å². The SMILES string of the molecule is CCCN(C(=O)c1cccc2c1OCO2)[C@H](CCNC(=O)c1ccccn1)Cc1ccccc1. The van der Waals surface area contributed by atoms with Gasteiger partial charge in [-0.1, -0.05) is 49.4 Å². The molecule has 0 saturated heterocycles. The van der Waals surface area contributed by atoms with Crippen LogP contribution < -0.4 is 14.8 Å². The largest absolute Gasteiger partial charge is 0.454 e. The number of carbonyl (C=O) groups is 2. The Morgan fingerprint density at radius 3 is 2.62 bits per heavy atom. The van der Waals surface area contributed by atoms with Crippen LogP contribution in [-0.4, -0.2) is 47.6 Å². The van der Waals surface area contributed by atoms with Gasteiger partial charge in [0.1, 0.15) is 5.69 Å². The van der Waals surface area contributed by atoms with Gasteiger partial charge in [-0.25, -0.2) is 0 Å². The minimum absolute atomic E-state index is 0.0961. The summed E-state index contributed by atoms with van der Waals surface area (Å²) < 4.78 is 11.1. The van der Waals surface area contributed by atoms with Crippen LogP contribution in [0, 0.1) is 0 Å². The summed E-state index contributed by atoms with van der Waals surface area (Å²) in [5.74, 6) is 0.764. The summed E-state index contributed by atoms with van der Waals surface area (Å²) in [7, 11) is 0. The van der Waals surface area contributed by atoms with E-state index in [9.17, 15) is 9.59 Å². The molecule has 1 atom stereocenters. The highest BCUT2D eigenvalue weighted by Crippen LogP contribution is 2.36. The van der Waals surface area contributed by atoms with Crippen LogP contribution in [0.5, 0.6) is 11.5 Å². The Labute approximate surface area is 199 Å². The second-order valence-corrected chi connectivity index (χ2v) is 8.14. The van der Waals surface area contributed by atoms with E-state index in [0.29, 0.717) is 48.7 Å². The van der Waals surface area contributed by atoms with Crippen molar-refractivity contribution in [2.75, 3.05) is 19.9 Å². The summed E-state index contributed by atoms with van der Waals surface area (Å²) in [6, 6.07) is 20.6. The second kappa shape index (κ2) is 11.3. The molecule has 7 nitrogen and oxygen atoms in total. The lowest BCUT2D eigenvalue weighted by molar-refractivity contribution is 0.0662. The number of ether oxygens (including phenoxy) is 2. The lowest BCUT2D eigenvalue weighted by atomic mass is 10.00. The molecule has 176 valence electrons. The van der Waals surface area contributed by atoms with Gasteiger partial charge in [-0.3, -0.25) is 14.6 Å². The molecule has 0 bridgehead atoms. The van der Waals surface area contributed by atoms with E-state index in [-0.39, 0.29) is 24.6 Å². The topological polar surface area (TPSA) is 80.8 Å². The van der Waals surface area contributed by atoms with Gasteiger partial charge < -0.3 is 19.7 Å². The van der Waals surface area contributed by atoms with Gasteiger partial charge in [0.25, 0.3) is 11.8 Å². The third-order valence-corrected chi connectivity index (χ3v) is 5.77. The Kier molecular flexibility index (Phi) is 7.75. The van der Waals surface area contributed by atoms with E-state index in [1.165, 1.54) is 0 Å². The van der Waals surface area contributed by atoms with Gasteiger partial charge >= 0.3 is 0 Å². The number of amides is 2. The molecule has 34 heavy (non-hydrogen) atoms. The summed E-state index contributed by atoms with van der Waals surface area (Å²) in [4.78, 5) is 32.2. The van der Waals surface area contributed by atoms with E-state index in [0.717, 1.165) is 12.0 Å². The molecular formula is C27H29N3O4. The van der Waals surface area contributed by atoms with Gasteiger partial charge in [0, 0.05) is 25.3 Å². The highest BCUT2D eigenvalue weighted by Gasteiger charge is 2.29. The molecule has 0 saturated carbocycles. The molecule has 0 radical (unpaired) electrons. The standard InChI is InChI=1S/C27H29N3O4/c1-2-17-30(27(32)22-11-8-13-24-25(22)34-19-33-24)21(18-20-9-4-3-5-10-20)14-16-29-26(31)23-12-6-7-15-28-23/h3-13,15,21H,2,14,16-19H2,1H3,(H,29,31)/t21-/m1/s1. The molecule has 0 spiro atoms. The van der Waals surface area contributed by atoms with Crippen molar-refractivity contribution in [2.45, 2.75) is 32.2 Å². The number of pyridine rings is 1. The lowest BCUT2D eigenvalue weighted by Crippen LogP contribution is -2.44. The van der Waals surface area contributed by atoms with Crippen molar-refractivity contribution in [1.29, 1.82) is 0 Å². The quantitative estimate of drug-likeness (QED) is 0.494. The number of carbonyl (C=O) groups excluding carboxylic acids is 2. The number of rotatable bonds is 10. The number of aromatic nitrogens is 1. The molecule has 4 rings (SSSR count). The summed E-state index contributed by atoms with van der Waals surface area (Å²) in [5, 5.41) is 2.95. The number of benzene rings is 2. The summed E-state index contributed by atoms with van der Waals surface area (Å²) in [5.41, 5.74) is 2.01. The fourth-order valence-electron chi connectivity index (χ4n) is 4.14. The van der Waals surface area contributed by atoms with Crippen molar-refractivity contribution >= 4 is 11.8 Å². The van der Waals surface area contributed by atoms with Crippen molar-refractivity contribution in [3.8, 4) is 11.5 Å². The summed E-state index contributed by atoms with van der Waals surface area (Å²) in [6.07, 6.45) is 3.69. The Bertz CT molecular complexity index is 1110.